The summed E-state index contributed by atoms with van der Waals surface area (Å²) in [5, 5.41) is 16.9. The third kappa shape index (κ3) is 5.37. The zero-order chi connectivity index (χ0) is 28.2. The lowest BCUT2D eigenvalue weighted by atomic mass is 9.81. The molecular weight excluding hydrogens is 541 g/mol. The van der Waals surface area contributed by atoms with Crippen molar-refractivity contribution in [2.75, 3.05) is 0 Å². The minimum Gasteiger partial charge on any atom is -0.344 e. The summed E-state index contributed by atoms with van der Waals surface area (Å²) < 4.78 is 73.2. The molecule has 1 aliphatic heterocycles. The van der Waals surface area contributed by atoms with Crippen molar-refractivity contribution < 1.29 is 36.2 Å². The highest BCUT2D eigenvalue weighted by Gasteiger charge is 2.48. The van der Waals surface area contributed by atoms with Gasteiger partial charge in [0.1, 0.15) is 11.7 Å². The zero-order valence-electron chi connectivity index (χ0n) is 21.1. The van der Waals surface area contributed by atoms with Crippen molar-refractivity contribution in [1.82, 2.24) is 35.5 Å². The number of hydrogen-bond donors (Lipinski definition) is 2. The monoisotopic (exact) mass is 567 g/mol. The topological polar surface area (TPSA) is 127 Å². The van der Waals surface area contributed by atoms with Crippen molar-refractivity contribution in [3.63, 3.8) is 0 Å². The first kappa shape index (κ1) is 26.6. The summed E-state index contributed by atoms with van der Waals surface area (Å²) in [7, 11) is 0. The molecule has 2 amide bonds. The van der Waals surface area contributed by atoms with Gasteiger partial charge >= 0.3 is 6.18 Å². The fourth-order valence-corrected chi connectivity index (χ4v) is 5.60. The van der Waals surface area contributed by atoms with Crippen LogP contribution < -0.4 is 10.6 Å². The number of halogens is 5. The van der Waals surface area contributed by atoms with E-state index in [-0.39, 0.29) is 56.1 Å². The Kier molecular flexibility index (Phi) is 6.49. The Morgan fingerprint density at radius 1 is 1.18 bits per heavy atom. The van der Waals surface area contributed by atoms with Crippen molar-refractivity contribution in [3.8, 4) is 0 Å². The van der Waals surface area contributed by atoms with E-state index in [1.165, 1.54) is 4.52 Å². The van der Waals surface area contributed by atoms with Crippen molar-refractivity contribution >= 4 is 17.5 Å². The molecule has 4 heterocycles. The SMILES string of the molecule is O=C(N[C@H](c1cn2nc(C[C@H]3C[C@@H](C(F)(F)F)NC3=O)ccc2n1)C1CCC(F)(F)CC1)c1nonc1C1CC1. The maximum absolute atomic E-state index is 13.9. The second kappa shape index (κ2) is 9.77. The lowest BCUT2D eigenvalue weighted by Gasteiger charge is -2.33. The number of aromatic nitrogens is 5. The molecule has 10 nitrogen and oxygen atoms in total. The quantitative estimate of drug-likeness (QED) is 0.415. The van der Waals surface area contributed by atoms with Crippen LogP contribution in [0.1, 0.15) is 84.5 Å². The predicted molar refractivity (Wildman–Crippen MR) is 126 cm³/mol. The van der Waals surface area contributed by atoms with E-state index in [9.17, 15) is 31.5 Å². The molecular formula is C25H26F5N7O3. The number of fused-ring (bicyclic) bond motifs is 1. The Labute approximate surface area is 224 Å². The van der Waals surface area contributed by atoms with Crippen LogP contribution in [0, 0.1) is 11.8 Å². The Bertz CT molecular complexity index is 1420. The molecule has 3 aromatic heterocycles. The molecule has 6 rings (SSSR count). The van der Waals surface area contributed by atoms with Gasteiger partial charge in [0.15, 0.2) is 11.3 Å². The minimum atomic E-state index is -4.52. The number of rotatable bonds is 7. The normalized spacial score (nSPS) is 24.3. The molecule has 214 valence electrons. The van der Waals surface area contributed by atoms with E-state index in [1.54, 1.807) is 18.3 Å². The van der Waals surface area contributed by atoms with Gasteiger partial charge in [0.2, 0.25) is 11.8 Å². The number of carbonyl (C=O) groups excluding carboxylic acids is 2. The molecule has 0 bridgehead atoms. The van der Waals surface area contributed by atoms with E-state index >= 15 is 0 Å². The van der Waals surface area contributed by atoms with Crippen LogP contribution in [0.3, 0.4) is 0 Å². The number of amides is 2. The summed E-state index contributed by atoms with van der Waals surface area (Å²) in [5.74, 6) is -5.10. The Morgan fingerprint density at radius 3 is 2.60 bits per heavy atom. The van der Waals surface area contributed by atoms with Crippen LogP contribution in [0.5, 0.6) is 0 Å². The highest BCUT2D eigenvalue weighted by molar-refractivity contribution is 5.93. The first-order valence-corrected chi connectivity index (χ1v) is 13.2. The number of alkyl halides is 5. The number of imidazole rings is 1. The van der Waals surface area contributed by atoms with Gasteiger partial charge in [-0.3, -0.25) is 9.59 Å². The smallest absolute Gasteiger partial charge is 0.344 e. The molecule has 0 unspecified atom stereocenters. The van der Waals surface area contributed by atoms with Gasteiger partial charge in [-0.25, -0.2) is 22.9 Å². The predicted octanol–water partition coefficient (Wildman–Crippen LogP) is 3.90. The summed E-state index contributed by atoms with van der Waals surface area (Å²) in [6.45, 7) is 0. The molecule has 0 aromatic carbocycles. The van der Waals surface area contributed by atoms with Gasteiger partial charge in [-0.1, -0.05) is 5.16 Å². The molecule has 0 spiro atoms. The standard InChI is InChI=1S/C25H26F5N7O3/c26-24(27)7-5-13(6-8-24)19(33-23(39)21-20(12-1-2-12)35-40-36-21)16-11-37-18(31-16)4-3-15(34-37)9-14-10-17(25(28,29)30)32-22(14)38/h3-4,11-14,17,19H,1-2,5-10H2,(H,32,38)(H,33,39)/t14-,17-,19-/m0/s1. The maximum Gasteiger partial charge on any atom is 0.408 e. The molecule has 2 N–H and O–H groups in total. The first-order chi connectivity index (χ1) is 19.0. The van der Waals surface area contributed by atoms with Crippen LogP contribution in [0.15, 0.2) is 23.0 Å². The van der Waals surface area contributed by atoms with Gasteiger partial charge in [0.05, 0.1) is 23.6 Å². The molecule has 3 atom stereocenters. The average molecular weight is 568 g/mol. The molecule has 3 fully saturated rings. The van der Waals surface area contributed by atoms with Gasteiger partial charge in [-0.2, -0.15) is 18.3 Å². The van der Waals surface area contributed by atoms with Crippen LogP contribution in [-0.2, 0) is 11.2 Å². The maximum atomic E-state index is 13.9. The van der Waals surface area contributed by atoms with Crippen LogP contribution in [-0.4, -0.2) is 54.9 Å². The van der Waals surface area contributed by atoms with E-state index < -0.39 is 41.9 Å². The second-order valence-corrected chi connectivity index (χ2v) is 10.9. The summed E-state index contributed by atoms with van der Waals surface area (Å²) in [6.07, 6.45) is -1.91. The van der Waals surface area contributed by atoms with Crippen LogP contribution in [0.2, 0.25) is 0 Å². The molecule has 0 radical (unpaired) electrons. The zero-order valence-corrected chi connectivity index (χ0v) is 21.1. The van der Waals surface area contributed by atoms with Gasteiger partial charge < -0.3 is 10.6 Å². The number of carbonyl (C=O) groups is 2. The van der Waals surface area contributed by atoms with Crippen molar-refractivity contribution in [2.24, 2.45) is 11.8 Å². The Balaban J connectivity index is 1.24. The third-order valence-electron chi connectivity index (χ3n) is 7.98. The van der Waals surface area contributed by atoms with Gasteiger partial charge in [0, 0.05) is 31.1 Å². The lowest BCUT2D eigenvalue weighted by molar-refractivity contribution is -0.154. The minimum absolute atomic E-state index is 0.00282. The average Bonchev–Trinajstić information content (AvgIpc) is 3.28. The van der Waals surface area contributed by atoms with Crippen LogP contribution in [0.4, 0.5) is 22.0 Å². The van der Waals surface area contributed by atoms with E-state index in [0.29, 0.717) is 22.7 Å². The molecule has 2 saturated carbocycles. The first-order valence-electron chi connectivity index (χ1n) is 13.2. The fraction of sp³-hybridized carbons (Fsp3) is 0.600. The van der Waals surface area contributed by atoms with Crippen LogP contribution >= 0.6 is 0 Å². The summed E-state index contributed by atoms with van der Waals surface area (Å²) in [4.78, 5) is 29.9. The van der Waals surface area contributed by atoms with E-state index in [4.69, 9.17) is 4.63 Å². The molecule has 3 aliphatic rings. The Morgan fingerprint density at radius 2 is 1.93 bits per heavy atom. The summed E-state index contributed by atoms with van der Waals surface area (Å²) in [5.41, 5.74) is 1.71. The van der Waals surface area contributed by atoms with E-state index in [2.05, 4.69) is 25.7 Å². The summed E-state index contributed by atoms with van der Waals surface area (Å²) in [6, 6.07) is 0.574. The highest BCUT2D eigenvalue weighted by atomic mass is 19.4. The molecule has 1 saturated heterocycles. The van der Waals surface area contributed by atoms with Gasteiger partial charge in [0.25, 0.3) is 5.91 Å². The van der Waals surface area contributed by atoms with E-state index in [1.807, 2.05) is 5.32 Å². The fourth-order valence-electron chi connectivity index (χ4n) is 5.60. The van der Waals surface area contributed by atoms with Gasteiger partial charge in [-0.15, -0.1) is 0 Å². The van der Waals surface area contributed by atoms with Crippen molar-refractivity contribution in [3.05, 3.63) is 41.1 Å². The second-order valence-electron chi connectivity index (χ2n) is 10.9. The molecule has 40 heavy (non-hydrogen) atoms. The van der Waals surface area contributed by atoms with Crippen LogP contribution in [0.25, 0.3) is 5.65 Å². The molecule has 2 aliphatic carbocycles. The Hall–Kier alpha value is -3.65. The molecule has 15 heteroatoms. The third-order valence-corrected chi connectivity index (χ3v) is 7.98. The van der Waals surface area contributed by atoms with Crippen molar-refractivity contribution in [1.29, 1.82) is 0 Å². The highest BCUT2D eigenvalue weighted by Crippen LogP contribution is 2.42. The van der Waals surface area contributed by atoms with Gasteiger partial charge in [-0.05, 0) is 55.3 Å². The molecule has 3 aromatic rings. The van der Waals surface area contributed by atoms with Crippen molar-refractivity contribution in [2.45, 2.75) is 81.5 Å². The lowest BCUT2D eigenvalue weighted by Crippen LogP contribution is -2.38. The number of nitrogens with zero attached hydrogens (tertiary/aromatic N) is 5. The van der Waals surface area contributed by atoms with E-state index in [0.717, 1.165) is 12.8 Å². The largest absolute Gasteiger partial charge is 0.408 e. The number of hydrogen-bond acceptors (Lipinski definition) is 7. The summed E-state index contributed by atoms with van der Waals surface area (Å²) >= 11 is 0. The number of nitrogens with one attached hydrogen (secondary N) is 2.